The highest BCUT2D eigenvalue weighted by molar-refractivity contribution is 6.14. The summed E-state index contributed by atoms with van der Waals surface area (Å²) in [5.74, 6) is -2.34. The molecule has 1 N–H and O–H groups in total. The molecule has 12 heavy (non-hydrogen) atoms. The third-order valence-electron chi connectivity index (χ3n) is 1.59. The van der Waals surface area contributed by atoms with Gasteiger partial charge in [0.15, 0.2) is 0 Å². The van der Waals surface area contributed by atoms with E-state index in [1.807, 2.05) is 0 Å². The van der Waals surface area contributed by atoms with Crippen molar-refractivity contribution in [1.82, 2.24) is 4.90 Å². The van der Waals surface area contributed by atoms with Crippen molar-refractivity contribution in [3.63, 3.8) is 0 Å². The number of carboxylic acid groups (broad SMARTS) is 1. The second-order valence-electron chi connectivity index (χ2n) is 2.39. The zero-order chi connectivity index (χ0) is 9.30. The molecule has 1 atom stereocenters. The average Bonchev–Trinajstić information content (AvgIpc) is 2.30. The molecule has 0 aromatic rings. The third-order valence-corrected chi connectivity index (χ3v) is 1.59. The van der Waals surface area contributed by atoms with Gasteiger partial charge in [-0.2, -0.15) is 0 Å². The molecule has 0 bridgehead atoms. The number of imide groups is 1. The minimum absolute atomic E-state index is 0.574. The standard InChI is InChI=1S/C7H7NO4/c1-4(7(11)12)8-5(9)2-3-6(8)10/h2-4H,1H3,(H,11,12)/t4-/m1/s1. The van der Waals surface area contributed by atoms with Crippen LogP contribution >= 0.6 is 0 Å². The number of aliphatic carboxylic acids is 1. The van der Waals surface area contributed by atoms with E-state index in [1.54, 1.807) is 0 Å². The molecule has 1 aliphatic rings. The second kappa shape index (κ2) is 2.77. The summed E-state index contributed by atoms with van der Waals surface area (Å²) in [6, 6.07) is -1.10. The Bertz CT molecular complexity index is 263. The molecule has 64 valence electrons. The van der Waals surface area contributed by atoms with E-state index in [0.29, 0.717) is 4.90 Å². The van der Waals surface area contributed by atoms with Crippen LogP contribution in [0.3, 0.4) is 0 Å². The summed E-state index contributed by atoms with van der Waals surface area (Å²) >= 11 is 0. The van der Waals surface area contributed by atoms with Gasteiger partial charge >= 0.3 is 5.97 Å². The van der Waals surface area contributed by atoms with E-state index < -0.39 is 23.8 Å². The lowest BCUT2D eigenvalue weighted by molar-refractivity contribution is -0.152. The monoisotopic (exact) mass is 169 g/mol. The number of hydrogen-bond donors (Lipinski definition) is 1. The first-order chi connectivity index (χ1) is 5.54. The topological polar surface area (TPSA) is 74.7 Å². The van der Waals surface area contributed by atoms with Gasteiger partial charge in [0.25, 0.3) is 11.8 Å². The molecule has 0 saturated heterocycles. The number of carbonyl (C=O) groups is 3. The van der Waals surface area contributed by atoms with Crippen LogP contribution in [-0.4, -0.2) is 33.8 Å². The van der Waals surface area contributed by atoms with Gasteiger partial charge in [0.1, 0.15) is 6.04 Å². The molecule has 2 amide bonds. The van der Waals surface area contributed by atoms with Gasteiger partial charge in [-0.1, -0.05) is 0 Å². The maximum absolute atomic E-state index is 10.9. The van der Waals surface area contributed by atoms with Crippen LogP contribution in [0.1, 0.15) is 6.92 Å². The average molecular weight is 169 g/mol. The summed E-state index contributed by atoms with van der Waals surface area (Å²) in [5, 5.41) is 8.50. The lowest BCUT2D eigenvalue weighted by Crippen LogP contribution is -2.42. The maximum Gasteiger partial charge on any atom is 0.326 e. The second-order valence-corrected chi connectivity index (χ2v) is 2.39. The number of rotatable bonds is 2. The predicted molar refractivity (Wildman–Crippen MR) is 38.1 cm³/mol. The van der Waals surface area contributed by atoms with Crippen LogP contribution in [0.4, 0.5) is 0 Å². The lowest BCUT2D eigenvalue weighted by Gasteiger charge is -2.17. The van der Waals surface area contributed by atoms with Crippen molar-refractivity contribution in [2.45, 2.75) is 13.0 Å². The minimum Gasteiger partial charge on any atom is -0.480 e. The van der Waals surface area contributed by atoms with E-state index in [4.69, 9.17) is 5.11 Å². The Hall–Kier alpha value is -1.65. The van der Waals surface area contributed by atoms with Gasteiger partial charge in [-0.25, -0.2) is 4.79 Å². The quantitative estimate of drug-likeness (QED) is 0.559. The molecule has 1 aliphatic heterocycles. The molecule has 0 unspecified atom stereocenters. The lowest BCUT2D eigenvalue weighted by atomic mass is 10.3. The molecule has 0 spiro atoms. The first-order valence-electron chi connectivity index (χ1n) is 3.32. The number of nitrogens with zero attached hydrogens (tertiary/aromatic N) is 1. The molecular formula is C7H7NO4. The van der Waals surface area contributed by atoms with Gasteiger partial charge in [-0.15, -0.1) is 0 Å². The third kappa shape index (κ3) is 1.20. The Labute approximate surface area is 68.3 Å². The van der Waals surface area contributed by atoms with E-state index in [0.717, 1.165) is 12.2 Å². The Morgan fingerprint density at radius 1 is 1.42 bits per heavy atom. The van der Waals surface area contributed by atoms with Crippen LogP contribution in [0.2, 0.25) is 0 Å². The number of carboxylic acids is 1. The molecule has 0 radical (unpaired) electrons. The Kier molecular flexibility index (Phi) is 1.95. The summed E-state index contributed by atoms with van der Waals surface area (Å²) < 4.78 is 0. The van der Waals surface area contributed by atoms with Crippen molar-refractivity contribution in [3.05, 3.63) is 12.2 Å². The van der Waals surface area contributed by atoms with Gasteiger partial charge in [0.2, 0.25) is 0 Å². The Balaban J connectivity index is 2.83. The van der Waals surface area contributed by atoms with Crippen molar-refractivity contribution >= 4 is 17.8 Å². The predicted octanol–water partition coefficient (Wildman–Crippen LogP) is -0.615. The Morgan fingerprint density at radius 2 is 1.83 bits per heavy atom. The summed E-state index contributed by atoms with van der Waals surface area (Å²) in [6.07, 6.45) is 2.11. The first kappa shape index (κ1) is 8.45. The summed E-state index contributed by atoms with van der Waals surface area (Å²) in [4.78, 5) is 32.9. The number of hydrogen-bond acceptors (Lipinski definition) is 3. The molecule has 0 aromatic heterocycles. The molecule has 0 saturated carbocycles. The van der Waals surface area contributed by atoms with Crippen LogP contribution in [0.15, 0.2) is 12.2 Å². The van der Waals surface area contributed by atoms with Crippen LogP contribution < -0.4 is 0 Å². The fourth-order valence-corrected chi connectivity index (χ4v) is 0.904. The summed E-state index contributed by atoms with van der Waals surface area (Å²) in [5.41, 5.74) is 0. The summed E-state index contributed by atoms with van der Waals surface area (Å²) in [6.45, 7) is 1.28. The van der Waals surface area contributed by atoms with Crippen molar-refractivity contribution in [2.75, 3.05) is 0 Å². The molecule has 0 fully saturated rings. The van der Waals surface area contributed by atoms with Crippen LogP contribution in [0, 0.1) is 0 Å². The van der Waals surface area contributed by atoms with E-state index >= 15 is 0 Å². The highest BCUT2D eigenvalue weighted by atomic mass is 16.4. The highest BCUT2D eigenvalue weighted by Crippen LogP contribution is 2.08. The number of carbonyl (C=O) groups excluding carboxylic acids is 2. The molecule has 0 aliphatic carbocycles. The fraction of sp³-hybridized carbons (Fsp3) is 0.286. The number of amides is 2. The molecule has 1 heterocycles. The van der Waals surface area contributed by atoms with Gasteiger partial charge in [-0.05, 0) is 6.92 Å². The molecule has 0 aromatic carbocycles. The zero-order valence-corrected chi connectivity index (χ0v) is 6.35. The van der Waals surface area contributed by atoms with E-state index in [9.17, 15) is 14.4 Å². The van der Waals surface area contributed by atoms with Gasteiger partial charge in [0, 0.05) is 12.2 Å². The largest absolute Gasteiger partial charge is 0.480 e. The molecule has 5 nitrogen and oxygen atoms in total. The molecular weight excluding hydrogens is 162 g/mol. The molecule has 1 rings (SSSR count). The van der Waals surface area contributed by atoms with Gasteiger partial charge < -0.3 is 5.11 Å². The van der Waals surface area contributed by atoms with Crippen LogP contribution in [0.25, 0.3) is 0 Å². The SMILES string of the molecule is C[C@H](C(=O)O)N1C(=O)C=CC1=O. The molecule has 5 heteroatoms. The summed E-state index contributed by atoms with van der Waals surface area (Å²) in [7, 11) is 0. The Morgan fingerprint density at radius 3 is 2.17 bits per heavy atom. The van der Waals surface area contributed by atoms with E-state index in [1.165, 1.54) is 6.92 Å². The normalized spacial score (nSPS) is 18.6. The van der Waals surface area contributed by atoms with Crippen molar-refractivity contribution in [3.8, 4) is 0 Å². The highest BCUT2D eigenvalue weighted by Gasteiger charge is 2.32. The van der Waals surface area contributed by atoms with Crippen LogP contribution in [0.5, 0.6) is 0 Å². The van der Waals surface area contributed by atoms with E-state index in [-0.39, 0.29) is 0 Å². The van der Waals surface area contributed by atoms with Crippen molar-refractivity contribution in [2.24, 2.45) is 0 Å². The van der Waals surface area contributed by atoms with Crippen molar-refractivity contribution in [1.29, 1.82) is 0 Å². The van der Waals surface area contributed by atoms with Gasteiger partial charge in [-0.3, -0.25) is 14.5 Å². The fourth-order valence-electron chi connectivity index (χ4n) is 0.904. The smallest absolute Gasteiger partial charge is 0.326 e. The van der Waals surface area contributed by atoms with Crippen molar-refractivity contribution < 1.29 is 19.5 Å². The zero-order valence-electron chi connectivity index (χ0n) is 6.35. The maximum atomic E-state index is 10.9. The van der Waals surface area contributed by atoms with E-state index in [2.05, 4.69) is 0 Å². The first-order valence-corrected chi connectivity index (χ1v) is 3.32. The van der Waals surface area contributed by atoms with Crippen LogP contribution in [-0.2, 0) is 14.4 Å². The minimum atomic E-state index is -1.19. The van der Waals surface area contributed by atoms with Gasteiger partial charge in [0.05, 0.1) is 0 Å².